The minimum atomic E-state index is -0.585. The van der Waals surface area contributed by atoms with Crippen molar-refractivity contribution in [3.8, 4) is 0 Å². The number of hydrogen-bond acceptors (Lipinski definition) is 5. The molecule has 0 aliphatic carbocycles. The highest BCUT2D eigenvalue weighted by atomic mass is 35.5. The summed E-state index contributed by atoms with van der Waals surface area (Å²) in [6.07, 6.45) is 2.53. The molecular formula is C18H13Cl2FN4O2. The lowest BCUT2D eigenvalue weighted by Crippen LogP contribution is -2.42. The van der Waals surface area contributed by atoms with E-state index in [0.29, 0.717) is 34.9 Å². The van der Waals surface area contributed by atoms with Gasteiger partial charge in [-0.2, -0.15) is 0 Å². The van der Waals surface area contributed by atoms with E-state index in [4.69, 9.17) is 27.9 Å². The number of rotatable bonds is 2. The van der Waals surface area contributed by atoms with E-state index >= 15 is 0 Å². The quantitative estimate of drug-likeness (QED) is 0.607. The minimum Gasteiger partial charge on any atom is -0.370 e. The fourth-order valence-electron chi connectivity index (χ4n) is 2.94. The summed E-state index contributed by atoms with van der Waals surface area (Å²) < 4.78 is 19.5. The van der Waals surface area contributed by atoms with E-state index in [-0.39, 0.29) is 23.2 Å². The third-order valence-corrected chi connectivity index (χ3v) is 4.91. The van der Waals surface area contributed by atoms with Crippen LogP contribution in [-0.2, 0) is 4.74 Å². The lowest BCUT2D eigenvalue weighted by atomic mass is 10.1. The highest BCUT2D eigenvalue weighted by molar-refractivity contribution is 6.35. The molecule has 1 atom stereocenters. The second kappa shape index (κ2) is 7.34. The van der Waals surface area contributed by atoms with E-state index in [1.54, 1.807) is 23.2 Å². The predicted octanol–water partition coefficient (Wildman–Crippen LogP) is 3.68. The standard InChI is InChI=1S/C18H13Cl2FN4O2/c19-11-8-12(20)13(21)7-10(11)16-9-25(5-6-27-16)18(26)15-2-1-14-17(24-15)23-4-3-22-14/h1-4,7-8,16H,5-6,9H2/t16-/m0/s1. The zero-order valence-electron chi connectivity index (χ0n) is 13.9. The molecule has 0 radical (unpaired) electrons. The minimum absolute atomic E-state index is 0.0611. The molecule has 6 nitrogen and oxygen atoms in total. The van der Waals surface area contributed by atoms with Gasteiger partial charge < -0.3 is 9.64 Å². The number of nitrogens with zero attached hydrogens (tertiary/aromatic N) is 4. The number of halogens is 3. The van der Waals surface area contributed by atoms with E-state index in [0.717, 1.165) is 0 Å². The van der Waals surface area contributed by atoms with Crippen LogP contribution in [0, 0.1) is 5.82 Å². The Balaban J connectivity index is 1.58. The molecule has 3 aromatic rings. The number of carbonyl (C=O) groups excluding carboxylic acids is 1. The maximum atomic E-state index is 13.8. The molecule has 0 spiro atoms. The number of fused-ring (bicyclic) bond motifs is 1. The third-order valence-electron chi connectivity index (χ3n) is 4.29. The first-order valence-corrected chi connectivity index (χ1v) is 8.91. The van der Waals surface area contributed by atoms with Crippen molar-refractivity contribution >= 4 is 40.3 Å². The van der Waals surface area contributed by atoms with Crippen molar-refractivity contribution in [3.63, 3.8) is 0 Å². The predicted molar refractivity (Wildman–Crippen MR) is 98.3 cm³/mol. The Morgan fingerprint density at radius 2 is 2.00 bits per heavy atom. The maximum absolute atomic E-state index is 13.8. The molecule has 9 heteroatoms. The van der Waals surface area contributed by atoms with Crippen LogP contribution in [0.25, 0.3) is 11.2 Å². The summed E-state index contributed by atoms with van der Waals surface area (Å²) in [5.41, 5.74) is 1.72. The van der Waals surface area contributed by atoms with Gasteiger partial charge in [0.05, 0.1) is 18.2 Å². The van der Waals surface area contributed by atoms with Crippen LogP contribution in [0.4, 0.5) is 4.39 Å². The molecule has 0 bridgehead atoms. The second-order valence-electron chi connectivity index (χ2n) is 5.99. The Hall–Kier alpha value is -2.35. The molecule has 3 heterocycles. The van der Waals surface area contributed by atoms with Crippen molar-refractivity contribution in [2.24, 2.45) is 0 Å². The first kappa shape index (κ1) is 18.0. The molecule has 138 valence electrons. The molecular weight excluding hydrogens is 394 g/mol. The molecule has 0 N–H and O–H groups in total. The topological polar surface area (TPSA) is 68.2 Å². The number of amides is 1. The van der Waals surface area contributed by atoms with Gasteiger partial charge in [-0.3, -0.25) is 9.78 Å². The first-order valence-electron chi connectivity index (χ1n) is 8.16. The summed E-state index contributed by atoms with van der Waals surface area (Å²) in [5, 5.41) is 0.230. The van der Waals surface area contributed by atoms with Crippen LogP contribution in [0.3, 0.4) is 0 Å². The van der Waals surface area contributed by atoms with Gasteiger partial charge in [-0.25, -0.2) is 14.4 Å². The molecule has 0 unspecified atom stereocenters. The molecule has 1 aliphatic rings. The Morgan fingerprint density at radius 3 is 2.85 bits per heavy atom. The summed E-state index contributed by atoms with van der Waals surface area (Å²) in [6.45, 7) is 0.910. The second-order valence-corrected chi connectivity index (χ2v) is 6.81. The Kier molecular flexibility index (Phi) is 4.90. The summed E-state index contributed by atoms with van der Waals surface area (Å²) >= 11 is 11.9. The van der Waals surface area contributed by atoms with Crippen LogP contribution in [-0.4, -0.2) is 45.5 Å². The van der Waals surface area contributed by atoms with Gasteiger partial charge >= 0.3 is 0 Å². The SMILES string of the molecule is O=C(c1ccc2nccnc2n1)N1CCO[C@H](c2cc(F)c(Cl)cc2Cl)C1. The number of morpholine rings is 1. The number of carbonyl (C=O) groups is 1. The fraction of sp³-hybridized carbons (Fsp3) is 0.222. The van der Waals surface area contributed by atoms with E-state index in [1.807, 2.05) is 0 Å². The van der Waals surface area contributed by atoms with Crippen molar-refractivity contribution in [1.82, 2.24) is 19.9 Å². The van der Waals surface area contributed by atoms with Crippen molar-refractivity contribution in [1.29, 1.82) is 0 Å². The molecule has 4 rings (SSSR count). The average Bonchev–Trinajstić information content (AvgIpc) is 2.70. The van der Waals surface area contributed by atoms with E-state index < -0.39 is 11.9 Å². The molecule has 2 aromatic heterocycles. The number of pyridine rings is 1. The van der Waals surface area contributed by atoms with Gasteiger partial charge in [-0.15, -0.1) is 0 Å². The van der Waals surface area contributed by atoms with E-state index in [1.165, 1.54) is 18.3 Å². The maximum Gasteiger partial charge on any atom is 0.272 e. The molecule has 27 heavy (non-hydrogen) atoms. The zero-order chi connectivity index (χ0) is 19.0. The number of benzene rings is 1. The normalized spacial score (nSPS) is 17.3. The van der Waals surface area contributed by atoms with Crippen molar-refractivity contribution < 1.29 is 13.9 Å². The van der Waals surface area contributed by atoms with E-state index in [9.17, 15) is 9.18 Å². The highest BCUT2D eigenvalue weighted by Crippen LogP contribution is 2.32. The lowest BCUT2D eigenvalue weighted by Gasteiger charge is -2.33. The van der Waals surface area contributed by atoms with Crippen LogP contribution < -0.4 is 0 Å². The van der Waals surface area contributed by atoms with Gasteiger partial charge in [0.15, 0.2) is 5.65 Å². The van der Waals surface area contributed by atoms with Crippen molar-refractivity contribution in [2.75, 3.05) is 19.7 Å². The highest BCUT2D eigenvalue weighted by Gasteiger charge is 2.29. The van der Waals surface area contributed by atoms with Crippen molar-refractivity contribution in [3.05, 3.63) is 63.8 Å². The van der Waals surface area contributed by atoms with Crippen LogP contribution in [0.1, 0.15) is 22.2 Å². The van der Waals surface area contributed by atoms with Gasteiger partial charge in [0.2, 0.25) is 0 Å². The number of ether oxygens (including phenoxy) is 1. The van der Waals surface area contributed by atoms with Crippen LogP contribution in [0.2, 0.25) is 10.0 Å². The molecule has 1 aromatic carbocycles. The number of aromatic nitrogens is 3. The zero-order valence-corrected chi connectivity index (χ0v) is 15.4. The Morgan fingerprint density at radius 1 is 1.19 bits per heavy atom. The Labute approximate surface area is 163 Å². The molecule has 0 saturated carbocycles. The number of hydrogen-bond donors (Lipinski definition) is 0. The Bertz CT molecular complexity index is 1030. The van der Waals surface area contributed by atoms with Gasteiger partial charge in [0.1, 0.15) is 23.1 Å². The summed E-state index contributed by atoms with van der Waals surface area (Å²) in [7, 11) is 0. The van der Waals surface area contributed by atoms with E-state index in [2.05, 4.69) is 15.0 Å². The van der Waals surface area contributed by atoms with Crippen LogP contribution >= 0.6 is 23.2 Å². The van der Waals surface area contributed by atoms with Gasteiger partial charge in [-0.05, 0) is 24.3 Å². The molecule has 1 amide bonds. The monoisotopic (exact) mass is 406 g/mol. The summed E-state index contributed by atoms with van der Waals surface area (Å²) in [4.78, 5) is 27.0. The fourth-order valence-corrected chi connectivity index (χ4v) is 3.45. The lowest BCUT2D eigenvalue weighted by molar-refractivity contribution is -0.0230. The van der Waals surface area contributed by atoms with Crippen molar-refractivity contribution in [2.45, 2.75) is 6.10 Å². The molecule has 1 aliphatic heterocycles. The summed E-state index contributed by atoms with van der Waals surface area (Å²) in [6, 6.07) is 5.89. The van der Waals surface area contributed by atoms with Crippen LogP contribution in [0.5, 0.6) is 0 Å². The van der Waals surface area contributed by atoms with Gasteiger partial charge in [-0.1, -0.05) is 23.2 Å². The largest absolute Gasteiger partial charge is 0.370 e. The van der Waals surface area contributed by atoms with Crippen LogP contribution in [0.15, 0.2) is 36.7 Å². The third kappa shape index (κ3) is 3.58. The average molecular weight is 407 g/mol. The molecule has 1 saturated heterocycles. The van der Waals surface area contributed by atoms with Gasteiger partial charge in [0, 0.05) is 29.5 Å². The molecule has 1 fully saturated rings. The van der Waals surface area contributed by atoms with Gasteiger partial charge in [0.25, 0.3) is 5.91 Å². The first-order chi connectivity index (χ1) is 13.0. The smallest absolute Gasteiger partial charge is 0.272 e. The summed E-state index contributed by atoms with van der Waals surface area (Å²) in [5.74, 6) is -0.848.